The summed E-state index contributed by atoms with van der Waals surface area (Å²) < 4.78 is 11.0. The van der Waals surface area contributed by atoms with Crippen LogP contribution < -0.4 is 0 Å². The number of hydrogen-bond acceptors (Lipinski definition) is 4. The Bertz CT molecular complexity index is 550. The maximum absolute atomic E-state index is 12.5. The predicted molar refractivity (Wildman–Crippen MR) is 174 cm³/mol. The van der Waals surface area contributed by atoms with E-state index in [4.69, 9.17) is 9.47 Å². The van der Waals surface area contributed by atoms with Crippen molar-refractivity contribution in [2.45, 2.75) is 206 Å². The number of carbonyl (C=O) groups is 2. The molecule has 1 rings (SSSR count). The Morgan fingerprint density at radius 2 is 0.610 bits per heavy atom. The number of rotatable bonds is 32. The summed E-state index contributed by atoms with van der Waals surface area (Å²) in [6.45, 7) is 5.42. The Balaban J connectivity index is 1.87. The van der Waals surface area contributed by atoms with Gasteiger partial charge in [-0.05, 0) is 25.7 Å². The van der Waals surface area contributed by atoms with Crippen LogP contribution in [0, 0.1) is 5.41 Å². The van der Waals surface area contributed by atoms with Crippen LogP contribution in [0.4, 0.5) is 0 Å². The second-order valence-electron chi connectivity index (χ2n) is 13.0. The molecule has 0 aromatic carbocycles. The first-order valence-corrected chi connectivity index (χ1v) is 18.5. The predicted octanol–water partition coefficient (Wildman–Crippen LogP) is 11.8. The molecule has 0 saturated heterocycles. The minimum Gasteiger partial charge on any atom is -0.465 e. The standard InChI is InChI=1S/C37H70O4/c1-3-5-7-9-11-13-15-17-19-21-23-25-27-29-33-40-35(38)37(31-32-37)36(39)41-34-30-28-26-24-22-20-18-16-14-12-10-8-6-4-2/h3-34H2,1-2H3. The zero-order valence-electron chi connectivity index (χ0n) is 27.8. The Morgan fingerprint density at radius 1 is 0.390 bits per heavy atom. The summed E-state index contributed by atoms with van der Waals surface area (Å²) in [6, 6.07) is 0. The zero-order chi connectivity index (χ0) is 29.7. The van der Waals surface area contributed by atoms with Gasteiger partial charge in [0.2, 0.25) is 0 Å². The van der Waals surface area contributed by atoms with Crippen LogP contribution in [-0.4, -0.2) is 25.2 Å². The third kappa shape index (κ3) is 21.3. The maximum atomic E-state index is 12.5. The Morgan fingerprint density at radius 3 is 0.829 bits per heavy atom. The van der Waals surface area contributed by atoms with E-state index in [2.05, 4.69) is 13.8 Å². The number of unbranched alkanes of at least 4 members (excludes halogenated alkanes) is 26. The van der Waals surface area contributed by atoms with E-state index in [-0.39, 0.29) is 11.9 Å². The van der Waals surface area contributed by atoms with Gasteiger partial charge in [0.15, 0.2) is 5.41 Å². The number of carbonyl (C=O) groups excluding carboxylic acids is 2. The molecule has 41 heavy (non-hydrogen) atoms. The van der Waals surface area contributed by atoms with Crippen LogP contribution in [0.5, 0.6) is 0 Å². The normalized spacial score (nSPS) is 13.8. The highest BCUT2D eigenvalue weighted by atomic mass is 16.6. The van der Waals surface area contributed by atoms with E-state index in [0.717, 1.165) is 25.7 Å². The lowest BCUT2D eigenvalue weighted by atomic mass is 10.0. The lowest BCUT2D eigenvalue weighted by Gasteiger charge is -2.14. The average Bonchev–Trinajstić information content (AvgIpc) is 3.79. The SMILES string of the molecule is CCCCCCCCCCCCCCCCOC(=O)C1(C(=O)OCCCCCCCCCCCCCCCC)CC1. The third-order valence-electron chi connectivity index (χ3n) is 8.99. The number of ether oxygens (including phenoxy) is 2. The molecule has 242 valence electrons. The zero-order valence-corrected chi connectivity index (χ0v) is 27.8. The van der Waals surface area contributed by atoms with Gasteiger partial charge in [-0.2, -0.15) is 0 Å². The topological polar surface area (TPSA) is 52.6 Å². The monoisotopic (exact) mass is 579 g/mol. The van der Waals surface area contributed by atoms with Crippen LogP contribution in [0.1, 0.15) is 206 Å². The Hall–Kier alpha value is -1.06. The van der Waals surface area contributed by atoms with Crippen LogP contribution in [0.3, 0.4) is 0 Å². The average molecular weight is 579 g/mol. The molecule has 0 radical (unpaired) electrons. The van der Waals surface area contributed by atoms with Gasteiger partial charge in [-0.3, -0.25) is 9.59 Å². The van der Waals surface area contributed by atoms with Gasteiger partial charge < -0.3 is 9.47 Å². The first kappa shape index (κ1) is 38.0. The molecule has 0 aromatic rings. The first-order valence-electron chi connectivity index (χ1n) is 18.5. The quantitative estimate of drug-likeness (QED) is 0.0452. The van der Waals surface area contributed by atoms with Gasteiger partial charge in [-0.15, -0.1) is 0 Å². The molecule has 0 N–H and O–H groups in total. The molecule has 1 aliphatic rings. The van der Waals surface area contributed by atoms with Crippen molar-refractivity contribution < 1.29 is 19.1 Å². The van der Waals surface area contributed by atoms with Gasteiger partial charge in [0.1, 0.15) is 0 Å². The highest BCUT2D eigenvalue weighted by Crippen LogP contribution is 2.48. The molecule has 0 aliphatic heterocycles. The molecule has 0 heterocycles. The minimum atomic E-state index is -0.980. The molecule has 4 nitrogen and oxygen atoms in total. The number of hydrogen-bond donors (Lipinski definition) is 0. The molecular weight excluding hydrogens is 508 g/mol. The summed E-state index contributed by atoms with van der Waals surface area (Å²) in [5, 5.41) is 0. The molecule has 0 bridgehead atoms. The van der Waals surface area contributed by atoms with E-state index >= 15 is 0 Å². The summed E-state index contributed by atoms with van der Waals surface area (Å²) in [5.41, 5.74) is -0.980. The third-order valence-corrected chi connectivity index (χ3v) is 8.99. The van der Waals surface area contributed by atoms with Gasteiger partial charge in [0, 0.05) is 0 Å². The van der Waals surface area contributed by atoms with Crippen LogP contribution in [0.25, 0.3) is 0 Å². The Kier molecular flexibility index (Phi) is 25.7. The second kappa shape index (κ2) is 27.8. The molecule has 1 fully saturated rings. The van der Waals surface area contributed by atoms with Crippen LogP contribution >= 0.6 is 0 Å². The van der Waals surface area contributed by atoms with Crippen LogP contribution in [0.2, 0.25) is 0 Å². The molecule has 0 atom stereocenters. The van der Waals surface area contributed by atoms with E-state index in [9.17, 15) is 9.59 Å². The molecule has 0 aromatic heterocycles. The molecule has 1 aliphatic carbocycles. The van der Waals surface area contributed by atoms with Gasteiger partial charge in [0.25, 0.3) is 0 Å². The Labute approximate surface area is 255 Å². The van der Waals surface area contributed by atoms with Crippen molar-refractivity contribution in [3.05, 3.63) is 0 Å². The molecule has 0 spiro atoms. The van der Waals surface area contributed by atoms with Crippen molar-refractivity contribution in [3.8, 4) is 0 Å². The fraction of sp³-hybridized carbons (Fsp3) is 0.946. The minimum absolute atomic E-state index is 0.349. The molecule has 0 amide bonds. The van der Waals surface area contributed by atoms with Crippen molar-refractivity contribution in [3.63, 3.8) is 0 Å². The maximum Gasteiger partial charge on any atom is 0.323 e. The van der Waals surface area contributed by atoms with E-state index in [0.29, 0.717) is 26.1 Å². The molecular formula is C37H70O4. The van der Waals surface area contributed by atoms with E-state index in [1.807, 2.05) is 0 Å². The van der Waals surface area contributed by atoms with Gasteiger partial charge in [-0.25, -0.2) is 0 Å². The summed E-state index contributed by atoms with van der Waals surface area (Å²) in [7, 11) is 0. The van der Waals surface area contributed by atoms with Gasteiger partial charge >= 0.3 is 11.9 Å². The lowest BCUT2D eigenvalue weighted by molar-refractivity contribution is -0.164. The summed E-state index contributed by atoms with van der Waals surface area (Å²) in [5.74, 6) is -0.698. The molecule has 1 saturated carbocycles. The summed E-state index contributed by atoms with van der Waals surface area (Å²) in [4.78, 5) is 25.1. The highest BCUT2D eigenvalue weighted by Gasteiger charge is 2.59. The fourth-order valence-corrected chi connectivity index (χ4v) is 5.82. The fourth-order valence-electron chi connectivity index (χ4n) is 5.82. The smallest absolute Gasteiger partial charge is 0.323 e. The highest BCUT2D eigenvalue weighted by molar-refractivity contribution is 6.03. The summed E-state index contributed by atoms with van der Waals surface area (Å²) >= 11 is 0. The van der Waals surface area contributed by atoms with Crippen molar-refractivity contribution >= 4 is 11.9 Å². The summed E-state index contributed by atoms with van der Waals surface area (Å²) in [6.07, 6.45) is 37.8. The van der Waals surface area contributed by atoms with Gasteiger partial charge in [-0.1, -0.05) is 181 Å². The van der Waals surface area contributed by atoms with Crippen molar-refractivity contribution in [2.75, 3.05) is 13.2 Å². The lowest BCUT2D eigenvalue weighted by Crippen LogP contribution is -2.30. The van der Waals surface area contributed by atoms with Gasteiger partial charge in [0.05, 0.1) is 13.2 Å². The first-order chi connectivity index (χ1) is 20.2. The van der Waals surface area contributed by atoms with Crippen LogP contribution in [-0.2, 0) is 19.1 Å². The number of esters is 2. The van der Waals surface area contributed by atoms with Crippen LogP contribution in [0.15, 0.2) is 0 Å². The van der Waals surface area contributed by atoms with E-state index in [1.165, 1.54) is 154 Å². The molecule has 0 unspecified atom stereocenters. The van der Waals surface area contributed by atoms with Crippen molar-refractivity contribution in [1.29, 1.82) is 0 Å². The molecule has 4 heteroatoms. The van der Waals surface area contributed by atoms with Crippen molar-refractivity contribution in [1.82, 2.24) is 0 Å². The van der Waals surface area contributed by atoms with E-state index < -0.39 is 5.41 Å². The van der Waals surface area contributed by atoms with Crippen molar-refractivity contribution in [2.24, 2.45) is 5.41 Å². The van der Waals surface area contributed by atoms with E-state index in [1.54, 1.807) is 0 Å². The second-order valence-corrected chi connectivity index (χ2v) is 13.0. The largest absolute Gasteiger partial charge is 0.465 e.